The van der Waals surface area contributed by atoms with Crippen molar-refractivity contribution in [2.75, 3.05) is 7.11 Å². The molecule has 0 radical (unpaired) electrons. The zero-order valence-electron chi connectivity index (χ0n) is 10.1. The number of nitrogens with one attached hydrogen (secondary N) is 1. The molecular formula is C12H17NO4. The van der Waals surface area contributed by atoms with Crippen molar-refractivity contribution in [2.24, 2.45) is 0 Å². The van der Waals surface area contributed by atoms with Gasteiger partial charge >= 0.3 is 5.97 Å². The normalized spacial score (nSPS) is 14.1. The number of benzene rings is 1. The first-order valence-corrected chi connectivity index (χ1v) is 5.32. The molecule has 0 spiro atoms. The lowest BCUT2D eigenvalue weighted by Crippen LogP contribution is -2.36. The predicted molar refractivity (Wildman–Crippen MR) is 62.8 cm³/mol. The maximum absolute atomic E-state index is 11.2. The topological polar surface area (TPSA) is 78.8 Å². The first-order valence-electron chi connectivity index (χ1n) is 5.32. The molecular weight excluding hydrogens is 222 g/mol. The number of carbonyl (C=O) groups excluding carboxylic acids is 1. The minimum atomic E-state index is -0.519. The van der Waals surface area contributed by atoms with Crippen molar-refractivity contribution in [2.45, 2.75) is 25.9 Å². The van der Waals surface area contributed by atoms with Gasteiger partial charge in [0.1, 0.15) is 17.5 Å². The molecule has 0 fully saturated rings. The highest BCUT2D eigenvalue weighted by Gasteiger charge is 2.20. The van der Waals surface area contributed by atoms with E-state index in [1.54, 1.807) is 19.9 Å². The maximum atomic E-state index is 11.2. The molecule has 0 amide bonds. The summed E-state index contributed by atoms with van der Waals surface area (Å²) < 4.78 is 4.58. The Morgan fingerprint density at radius 3 is 2.29 bits per heavy atom. The lowest BCUT2D eigenvalue weighted by atomic mass is 10.1. The SMILES string of the molecule is COC(=O)C(C)NC(C)c1c(O)cccc1O. The van der Waals surface area contributed by atoms with Crippen LogP contribution in [0.1, 0.15) is 25.5 Å². The van der Waals surface area contributed by atoms with Gasteiger partial charge in [0.15, 0.2) is 0 Å². The van der Waals surface area contributed by atoms with Gasteiger partial charge in [-0.1, -0.05) is 6.07 Å². The fourth-order valence-corrected chi connectivity index (χ4v) is 1.69. The van der Waals surface area contributed by atoms with Crippen LogP contribution in [0.5, 0.6) is 11.5 Å². The fourth-order valence-electron chi connectivity index (χ4n) is 1.69. The lowest BCUT2D eigenvalue weighted by molar-refractivity contribution is -0.142. The lowest BCUT2D eigenvalue weighted by Gasteiger charge is -2.20. The highest BCUT2D eigenvalue weighted by molar-refractivity contribution is 5.75. The van der Waals surface area contributed by atoms with E-state index < -0.39 is 12.0 Å². The number of phenolic OH excluding ortho intramolecular Hbond substituents is 2. The van der Waals surface area contributed by atoms with Gasteiger partial charge in [-0.25, -0.2) is 0 Å². The molecule has 5 heteroatoms. The summed E-state index contributed by atoms with van der Waals surface area (Å²) in [4.78, 5) is 11.2. The van der Waals surface area contributed by atoms with E-state index in [2.05, 4.69) is 10.1 Å². The minimum Gasteiger partial charge on any atom is -0.507 e. The summed E-state index contributed by atoms with van der Waals surface area (Å²) in [5.74, 6) is -0.420. The van der Waals surface area contributed by atoms with Gasteiger partial charge in [-0.15, -0.1) is 0 Å². The van der Waals surface area contributed by atoms with Crippen LogP contribution < -0.4 is 5.32 Å². The average molecular weight is 239 g/mol. The van der Waals surface area contributed by atoms with Gasteiger partial charge in [-0.3, -0.25) is 10.1 Å². The number of carbonyl (C=O) groups is 1. The molecule has 3 N–H and O–H groups in total. The summed E-state index contributed by atoms with van der Waals surface area (Å²) in [6.07, 6.45) is 0. The fraction of sp³-hybridized carbons (Fsp3) is 0.417. The van der Waals surface area contributed by atoms with E-state index in [0.29, 0.717) is 5.56 Å². The predicted octanol–water partition coefficient (Wildman–Crippen LogP) is 1.31. The Balaban J connectivity index is 2.83. The van der Waals surface area contributed by atoms with E-state index in [1.165, 1.54) is 19.2 Å². The molecule has 2 unspecified atom stereocenters. The van der Waals surface area contributed by atoms with E-state index in [0.717, 1.165) is 0 Å². The minimum absolute atomic E-state index is 0.0120. The molecule has 0 saturated heterocycles. The van der Waals surface area contributed by atoms with Crippen LogP contribution in [0, 0.1) is 0 Å². The molecule has 0 aromatic heterocycles. The smallest absolute Gasteiger partial charge is 0.322 e. The van der Waals surface area contributed by atoms with E-state index >= 15 is 0 Å². The molecule has 17 heavy (non-hydrogen) atoms. The van der Waals surface area contributed by atoms with Gasteiger partial charge in [-0.2, -0.15) is 0 Å². The van der Waals surface area contributed by atoms with Crippen molar-refractivity contribution in [3.05, 3.63) is 23.8 Å². The van der Waals surface area contributed by atoms with E-state index in [-0.39, 0.29) is 17.5 Å². The van der Waals surface area contributed by atoms with E-state index in [4.69, 9.17) is 0 Å². The molecule has 0 heterocycles. The molecule has 1 aromatic rings. The van der Waals surface area contributed by atoms with Crippen molar-refractivity contribution in [3.8, 4) is 11.5 Å². The average Bonchev–Trinajstić information content (AvgIpc) is 2.27. The third-order valence-corrected chi connectivity index (χ3v) is 2.55. The van der Waals surface area contributed by atoms with Crippen molar-refractivity contribution < 1.29 is 19.7 Å². The summed E-state index contributed by atoms with van der Waals surface area (Å²) in [7, 11) is 1.31. The van der Waals surface area contributed by atoms with Crippen LogP contribution in [0.3, 0.4) is 0 Å². The van der Waals surface area contributed by atoms with Crippen LogP contribution in [0.15, 0.2) is 18.2 Å². The Hall–Kier alpha value is -1.75. The Labute approximate surface area is 100 Å². The molecule has 2 atom stereocenters. The van der Waals surface area contributed by atoms with Crippen molar-refractivity contribution in [1.29, 1.82) is 0 Å². The molecule has 0 aliphatic rings. The van der Waals surface area contributed by atoms with Gasteiger partial charge in [0.05, 0.1) is 12.7 Å². The Bertz CT molecular complexity index is 385. The number of rotatable bonds is 4. The second kappa shape index (κ2) is 5.54. The number of methoxy groups -OCH3 is 1. The first-order chi connectivity index (χ1) is 7.97. The first kappa shape index (κ1) is 13.3. The Kier molecular flexibility index (Phi) is 4.34. The van der Waals surface area contributed by atoms with Gasteiger partial charge in [0.25, 0.3) is 0 Å². The highest BCUT2D eigenvalue weighted by atomic mass is 16.5. The number of hydrogen-bond donors (Lipinski definition) is 3. The maximum Gasteiger partial charge on any atom is 0.322 e. The summed E-state index contributed by atoms with van der Waals surface area (Å²) in [6, 6.07) is 3.62. The standard InChI is InChI=1S/C12H17NO4/c1-7(13-8(2)12(16)17-3)11-9(14)5-4-6-10(11)15/h4-8,13-15H,1-3H3. The largest absolute Gasteiger partial charge is 0.507 e. The van der Waals surface area contributed by atoms with Crippen molar-refractivity contribution in [3.63, 3.8) is 0 Å². The van der Waals surface area contributed by atoms with Crippen LogP contribution >= 0.6 is 0 Å². The van der Waals surface area contributed by atoms with Gasteiger partial charge in [0.2, 0.25) is 0 Å². The van der Waals surface area contributed by atoms with Crippen LogP contribution in [-0.2, 0) is 9.53 Å². The zero-order chi connectivity index (χ0) is 13.0. The molecule has 0 aliphatic heterocycles. The van der Waals surface area contributed by atoms with Gasteiger partial charge in [0, 0.05) is 6.04 Å². The summed E-state index contributed by atoms with van der Waals surface area (Å²) >= 11 is 0. The number of hydrogen-bond acceptors (Lipinski definition) is 5. The molecule has 1 aromatic carbocycles. The van der Waals surface area contributed by atoms with Crippen molar-refractivity contribution in [1.82, 2.24) is 5.32 Å². The van der Waals surface area contributed by atoms with Crippen LogP contribution in [0.2, 0.25) is 0 Å². The summed E-state index contributed by atoms with van der Waals surface area (Å²) in [5.41, 5.74) is 0.364. The molecule has 0 bridgehead atoms. The van der Waals surface area contributed by atoms with Gasteiger partial charge < -0.3 is 14.9 Å². The second-order valence-corrected chi connectivity index (χ2v) is 3.84. The second-order valence-electron chi connectivity index (χ2n) is 3.84. The molecule has 5 nitrogen and oxygen atoms in total. The van der Waals surface area contributed by atoms with Crippen LogP contribution in [0.4, 0.5) is 0 Å². The molecule has 94 valence electrons. The molecule has 0 saturated carbocycles. The van der Waals surface area contributed by atoms with Crippen molar-refractivity contribution >= 4 is 5.97 Å². The van der Waals surface area contributed by atoms with E-state index in [9.17, 15) is 15.0 Å². The summed E-state index contributed by atoms with van der Waals surface area (Å²) in [6.45, 7) is 3.40. The summed E-state index contributed by atoms with van der Waals surface area (Å²) in [5, 5.41) is 22.2. The third-order valence-electron chi connectivity index (χ3n) is 2.55. The molecule has 0 aliphatic carbocycles. The Morgan fingerprint density at radius 2 is 1.82 bits per heavy atom. The van der Waals surface area contributed by atoms with Crippen LogP contribution in [-0.4, -0.2) is 29.3 Å². The number of esters is 1. The quantitative estimate of drug-likeness (QED) is 0.690. The van der Waals surface area contributed by atoms with Gasteiger partial charge in [-0.05, 0) is 26.0 Å². The molecule has 1 rings (SSSR count). The van der Waals surface area contributed by atoms with Crippen LogP contribution in [0.25, 0.3) is 0 Å². The zero-order valence-corrected chi connectivity index (χ0v) is 10.1. The third kappa shape index (κ3) is 3.10. The number of phenols is 2. The number of aromatic hydroxyl groups is 2. The Morgan fingerprint density at radius 1 is 1.29 bits per heavy atom. The monoisotopic (exact) mass is 239 g/mol. The van der Waals surface area contributed by atoms with E-state index in [1.807, 2.05) is 0 Å². The number of ether oxygens (including phenoxy) is 1. The highest BCUT2D eigenvalue weighted by Crippen LogP contribution is 2.32.